The molecular weight excluding hydrogens is 244 g/mol. The first-order valence-electron chi connectivity index (χ1n) is 6.48. The fourth-order valence-electron chi connectivity index (χ4n) is 2.30. The number of nitrogens with zero attached hydrogens (tertiary/aromatic N) is 3. The summed E-state index contributed by atoms with van der Waals surface area (Å²) >= 11 is 0. The fraction of sp³-hybridized carbons (Fsp3) is 0.538. The van der Waals surface area contributed by atoms with E-state index in [4.69, 9.17) is 15.7 Å². The van der Waals surface area contributed by atoms with Gasteiger partial charge in [-0.15, -0.1) is 0 Å². The Balaban J connectivity index is 2.11. The standard InChI is InChI=1S/C13H20N4O2/c1-17(9-10-5-2-3-8-19-10)13-11(12(14)16-18)6-4-7-15-13/h4,6-7,10,18H,2-3,5,8-9H2,1H3,(H2,14,16). The number of hydrogen-bond acceptors (Lipinski definition) is 5. The first-order valence-corrected chi connectivity index (χ1v) is 6.48. The minimum Gasteiger partial charge on any atom is -0.409 e. The molecule has 1 atom stereocenters. The van der Waals surface area contributed by atoms with Crippen molar-refractivity contribution in [2.24, 2.45) is 10.9 Å². The molecule has 1 saturated heterocycles. The lowest BCUT2D eigenvalue weighted by Gasteiger charge is -2.28. The molecule has 6 heteroatoms. The predicted octanol–water partition coefficient (Wildman–Crippen LogP) is 1.18. The topological polar surface area (TPSA) is 84.0 Å². The Morgan fingerprint density at radius 2 is 2.47 bits per heavy atom. The third-order valence-corrected chi connectivity index (χ3v) is 3.28. The lowest BCUT2D eigenvalue weighted by Crippen LogP contribution is -2.35. The summed E-state index contributed by atoms with van der Waals surface area (Å²) in [5.41, 5.74) is 6.30. The highest BCUT2D eigenvalue weighted by Crippen LogP contribution is 2.19. The number of aromatic nitrogens is 1. The number of likely N-dealkylation sites (N-methyl/N-ethyl adjacent to an activating group) is 1. The molecule has 0 aliphatic carbocycles. The molecule has 1 aliphatic heterocycles. The molecule has 19 heavy (non-hydrogen) atoms. The van der Waals surface area contributed by atoms with E-state index in [9.17, 15) is 0 Å². The summed E-state index contributed by atoms with van der Waals surface area (Å²) < 4.78 is 5.72. The van der Waals surface area contributed by atoms with Crippen molar-refractivity contribution < 1.29 is 9.94 Å². The molecule has 1 unspecified atom stereocenters. The molecule has 2 heterocycles. The highest BCUT2D eigenvalue weighted by atomic mass is 16.5. The Morgan fingerprint density at radius 3 is 3.16 bits per heavy atom. The number of pyridine rings is 1. The molecule has 2 rings (SSSR count). The van der Waals surface area contributed by atoms with Gasteiger partial charge < -0.3 is 20.6 Å². The van der Waals surface area contributed by atoms with Gasteiger partial charge in [0.1, 0.15) is 5.82 Å². The molecule has 0 amide bonds. The van der Waals surface area contributed by atoms with Crippen molar-refractivity contribution >= 4 is 11.7 Å². The molecule has 104 valence electrons. The van der Waals surface area contributed by atoms with E-state index in [1.54, 1.807) is 18.3 Å². The molecule has 0 spiro atoms. The monoisotopic (exact) mass is 264 g/mol. The molecule has 0 bridgehead atoms. The van der Waals surface area contributed by atoms with Gasteiger partial charge in [-0.05, 0) is 31.4 Å². The molecular formula is C13H20N4O2. The summed E-state index contributed by atoms with van der Waals surface area (Å²) in [5.74, 6) is 0.770. The number of nitrogens with two attached hydrogens (primary N) is 1. The summed E-state index contributed by atoms with van der Waals surface area (Å²) in [6.45, 7) is 1.58. The number of ether oxygens (including phenoxy) is 1. The molecule has 1 aliphatic rings. The maximum atomic E-state index is 8.81. The number of oxime groups is 1. The molecule has 3 N–H and O–H groups in total. The third-order valence-electron chi connectivity index (χ3n) is 3.28. The van der Waals surface area contributed by atoms with E-state index in [-0.39, 0.29) is 11.9 Å². The first kappa shape index (κ1) is 13.6. The lowest BCUT2D eigenvalue weighted by molar-refractivity contribution is 0.0215. The zero-order valence-corrected chi connectivity index (χ0v) is 11.1. The van der Waals surface area contributed by atoms with Crippen LogP contribution in [-0.4, -0.2) is 42.3 Å². The van der Waals surface area contributed by atoms with Gasteiger partial charge in [0.05, 0.1) is 11.7 Å². The Hall–Kier alpha value is -1.82. The smallest absolute Gasteiger partial charge is 0.173 e. The average Bonchev–Trinajstić information content (AvgIpc) is 2.47. The summed E-state index contributed by atoms with van der Waals surface area (Å²) in [4.78, 5) is 6.30. The minimum atomic E-state index is 0.0690. The minimum absolute atomic E-state index is 0.0690. The molecule has 0 aromatic carbocycles. The van der Waals surface area contributed by atoms with Crippen LogP contribution in [0, 0.1) is 0 Å². The van der Waals surface area contributed by atoms with Crippen LogP contribution < -0.4 is 10.6 Å². The number of anilines is 1. The second-order valence-electron chi connectivity index (χ2n) is 4.73. The van der Waals surface area contributed by atoms with Crippen molar-refractivity contribution in [2.45, 2.75) is 25.4 Å². The predicted molar refractivity (Wildman–Crippen MR) is 73.6 cm³/mol. The van der Waals surface area contributed by atoms with Crippen LogP contribution in [0.3, 0.4) is 0 Å². The quantitative estimate of drug-likeness (QED) is 0.369. The molecule has 1 fully saturated rings. The second kappa shape index (κ2) is 6.38. The van der Waals surface area contributed by atoms with E-state index in [0.717, 1.165) is 26.0 Å². The molecule has 6 nitrogen and oxygen atoms in total. The van der Waals surface area contributed by atoms with Gasteiger partial charge in [-0.25, -0.2) is 4.98 Å². The summed E-state index contributed by atoms with van der Waals surface area (Å²) in [7, 11) is 1.94. The van der Waals surface area contributed by atoms with Crippen LogP contribution in [0.1, 0.15) is 24.8 Å². The van der Waals surface area contributed by atoms with Crippen molar-refractivity contribution in [1.82, 2.24) is 4.98 Å². The fourth-order valence-corrected chi connectivity index (χ4v) is 2.30. The van der Waals surface area contributed by atoms with Crippen LogP contribution in [0.2, 0.25) is 0 Å². The van der Waals surface area contributed by atoms with Crippen molar-refractivity contribution in [3.05, 3.63) is 23.9 Å². The van der Waals surface area contributed by atoms with Gasteiger partial charge in [-0.2, -0.15) is 0 Å². The Morgan fingerprint density at radius 1 is 1.63 bits per heavy atom. The van der Waals surface area contributed by atoms with Gasteiger partial charge in [0, 0.05) is 26.4 Å². The van der Waals surface area contributed by atoms with E-state index in [0.29, 0.717) is 11.4 Å². The van der Waals surface area contributed by atoms with Gasteiger partial charge in [0.2, 0.25) is 0 Å². The van der Waals surface area contributed by atoms with Gasteiger partial charge in [0.25, 0.3) is 0 Å². The van der Waals surface area contributed by atoms with Crippen LogP contribution in [0.4, 0.5) is 5.82 Å². The van der Waals surface area contributed by atoms with E-state index < -0.39 is 0 Å². The lowest BCUT2D eigenvalue weighted by atomic mass is 10.1. The molecule has 1 aromatic heterocycles. The van der Waals surface area contributed by atoms with Gasteiger partial charge in [-0.3, -0.25) is 0 Å². The summed E-state index contributed by atoms with van der Waals surface area (Å²) in [6, 6.07) is 3.55. The van der Waals surface area contributed by atoms with Crippen molar-refractivity contribution in [3.8, 4) is 0 Å². The van der Waals surface area contributed by atoms with Crippen LogP contribution >= 0.6 is 0 Å². The Kier molecular flexibility index (Phi) is 4.57. The first-order chi connectivity index (χ1) is 9.22. The van der Waals surface area contributed by atoms with Gasteiger partial charge in [-0.1, -0.05) is 5.16 Å². The SMILES string of the molecule is CN(CC1CCCCO1)c1ncccc1C(N)=NO. The van der Waals surface area contributed by atoms with Crippen molar-refractivity contribution in [2.75, 3.05) is 25.1 Å². The number of amidine groups is 1. The summed E-state index contributed by atoms with van der Waals surface area (Å²) in [6.07, 6.45) is 5.33. The zero-order chi connectivity index (χ0) is 13.7. The maximum Gasteiger partial charge on any atom is 0.173 e. The number of rotatable bonds is 4. The van der Waals surface area contributed by atoms with Crippen LogP contribution in [0.25, 0.3) is 0 Å². The van der Waals surface area contributed by atoms with Crippen LogP contribution in [-0.2, 0) is 4.74 Å². The third kappa shape index (κ3) is 3.35. The van der Waals surface area contributed by atoms with Crippen LogP contribution in [0.15, 0.2) is 23.5 Å². The van der Waals surface area contributed by atoms with Gasteiger partial charge in [0.15, 0.2) is 5.84 Å². The summed E-state index contributed by atoms with van der Waals surface area (Å²) in [5, 5.41) is 11.9. The Bertz CT molecular complexity index is 444. The molecule has 0 radical (unpaired) electrons. The average molecular weight is 264 g/mol. The Labute approximate surface area is 112 Å². The van der Waals surface area contributed by atoms with E-state index in [1.165, 1.54) is 6.42 Å². The van der Waals surface area contributed by atoms with E-state index in [2.05, 4.69) is 10.1 Å². The maximum absolute atomic E-state index is 8.81. The van der Waals surface area contributed by atoms with Crippen molar-refractivity contribution in [3.63, 3.8) is 0 Å². The van der Waals surface area contributed by atoms with E-state index >= 15 is 0 Å². The van der Waals surface area contributed by atoms with E-state index in [1.807, 2.05) is 11.9 Å². The highest BCUT2D eigenvalue weighted by Gasteiger charge is 2.19. The van der Waals surface area contributed by atoms with Crippen LogP contribution in [0.5, 0.6) is 0 Å². The normalized spacial score (nSPS) is 20.3. The van der Waals surface area contributed by atoms with Crippen molar-refractivity contribution in [1.29, 1.82) is 0 Å². The largest absolute Gasteiger partial charge is 0.409 e. The number of hydrogen-bond donors (Lipinski definition) is 2. The second-order valence-corrected chi connectivity index (χ2v) is 4.73. The zero-order valence-electron chi connectivity index (χ0n) is 11.1. The highest BCUT2D eigenvalue weighted by molar-refractivity contribution is 6.01. The molecule has 0 saturated carbocycles. The van der Waals surface area contributed by atoms with Gasteiger partial charge >= 0.3 is 0 Å². The molecule has 1 aromatic rings.